The Labute approximate surface area is 164 Å². The Balaban J connectivity index is 1.59. The number of hydrogen-bond donors (Lipinski definition) is 1. The van der Waals surface area contributed by atoms with E-state index in [0.29, 0.717) is 27.2 Å². The molecule has 0 bridgehead atoms. The number of nitrogens with one attached hydrogen (secondary N) is 1. The van der Waals surface area contributed by atoms with Crippen molar-refractivity contribution < 1.29 is 19.1 Å². The van der Waals surface area contributed by atoms with Crippen molar-refractivity contribution in [1.82, 2.24) is 4.98 Å². The maximum atomic E-state index is 12.2. The number of anilines is 2. The summed E-state index contributed by atoms with van der Waals surface area (Å²) in [7, 11) is 1.51. The largest absolute Gasteiger partial charge is 0.497 e. The number of nitrogens with zero attached hydrogens (tertiary/aromatic N) is 1. The van der Waals surface area contributed by atoms with Crippen molar-refractivity contribution in [2.24, 2.45) is 0 Å². The predicted molar refractivity (Wildman–Crippen MR) is 104 cm³/mol. The summed E-state index contributed by atoms with van der Waals surface area (Å²) in [6.45, 7) is -0.378. The molecule has 0 radical (unpaired) electrons. The number of carbonyl (C=O) groups is 2. The lowest BCUT2D eigenvalue weighted by atomic mass is 10.1. The molecule has 0 unspecified atom stereocenters. The van der Waals surface area contributed by atoms with Crippen molar-refractivity contribution in [3.05, 3.63) is 70.2 Å². The monoisotopic (exact) mass is 402 g/mol. The first kappa shape index (κ1) is 18.9. The number of halogens is 1. The van der Waals surface area contributed by atoms with Crippen molar-refractivity contribution >= 4 is 45.5 Å². The minimum absolute atomic E-state index is 0.119. The molecule has 0 saturated heterocycles. The van der Waals surface area contributed by atoms with Gasteiger partial charge < -0.3 is 14.8 Å². The van der Waals surface area contributed by atoms with Gasteiger partial charge in [0, 0.05) is 10.9 Å². The lowest BCUT2D eigenvalue weighted by molar-refractivity contribution is 0.0470. The van der Waals surface area contributed by atoms with Gasteiger partial charge in [0.15, 0.2) is 23.2 Å². The van der Waals surface area contributed by atoms with Gasteiger partial charge in [-0.15, -0.1) is 11.3 Å². The summed E-state index contributed by atoms with van der Waals surface area (Å²) >= 11 is 7.32. The Morgan fingerprint density at radius 3 is 2.78 bits per heavy atom. The van der Waals surface area contributed by atoms with Crippen LogP contribution in [0.5, 0.6) is 5.75 Å². The number of methoxy groups -OCH3 is 1. The second-order valence-corrected chi connectivity index (χ2v) is 6.64. The average molecular weight is 403 g/mol. The molecule has 0 aliphatic carbocycles. The van der Waals surface area contributed by atoms with Crippen LogP contribution in [0.3, 0.4) is 0 Å². The zero-order valence-electron chi connectivity index (χ0n) is 14.3. The number of Topliss-reactive ketones (excluding diaryl/α,β-unsaturated/α-hetero) is 1. The first-order chi connectivity index (χ1) is 13.1. The standard InChI is InChI=1S/C19H15ClN2O4S/c1-25-13-6-4-5-12(9-13)17(23)10-26-18(24)16-11-27-19(22-16)21-15-8-3-2-7-14(15)20/h2-9,11H,10H2,1H3,(H,21,22). The van der Waals surface area contributed by atoms with E-state index in [9.17, 15) is 9.59 Å². The van der Waals surface area contributed by atoms with Gasteiger partial charge in [0.25, 0.3) is 0 Å². The Morgan fingerprint density at radius 1 is 1.19 bits per heavy atom. The maximum Gasteiger partial charge on any atom is 0.358 e. The number of hydrogen-bond acceptors (Lipinski definition) is 7. The number of ketones is 1. The van der Waals surface area contributed by atoms with Gasteiger partial charge in [-0.25, -0.2) is 9.78 Å². The molecule has 1 N–H and O–H groups in total. The van der Waals surface area contributed by atoms with Gasteiger partial charge in [0.05, 0.1) is 17.8 Å². The summed E-state index contributed by atoms with van der Waals surface area (Å²) in [5.74, 6) is -0.441. The summed E-state index contributed by atoms with van der Waals surface area (Å²) in [6.07, 6.45) is 0. The van der Waals surface area contributed by atoms with Crippen molar-refractivity contribution in [3.8, 4) is 5.75 Å². The van der Waals surface area contributed by atoms with E-state index in [-0.39, 0.29) is 18.1 Å². The minimum atomic E-state index is -0.672. The van der Waals surface area contributed by atoms with E-state index in [0.717, 1.165) is 0 Å². The van der Waals surface area contributed by atoms with Gasteiger partial charge in [-0.1, -0.05) is 35.9 Å². The summed E-state index contributed by atoms with van der Waals surface area (Å²) in [4.78, 5) is 28.4. The number of benzene rings is 2. The maximum absolute atomic E-state index is 12.2. The molecule has 0 aliphatic heterocycles. The number of esters is 1. The fourth-order valence-electron chi connectivity index (χ4n) is 2.19. The fourth-order valence-corrected chi connectivity index (χ4v) is 3.06. The van der Waals surface area contributed by atoms with Crippen LogP contribution in [0, 0.1) is 0 Å². The highest BCUT2D eigenvalue weighted by atomic mass is 35.5. The van der Waals surface area contributed by atoms with Crippen LogP contribution >= 0.6 is 22.9 Å². The predicted octanol–water partition coefficient (Wildman–Crippen LogP) is 4.59. The smallest absolute Gasteiger partial charge is 0.358 e. The van der Waals surface area contributed by atoms with Crippen molar-refractivity contribution in [2.45, 2.75) is 0 Å². The quantitative estimate of drug-likeness (QED) is 0.460. The van der Waals surface area contributed by atoms with Crippen LogP contribution in [-0.4, -0.2) is 30.5 Å². The third kappa shape index (κ3) is 4.84. The molecule has 1 aromatic heterocycles. The van der Waals surface area contributed by atoms with Gasteiger partial charge in [0.2, 0.25) is 0 Å². The van der Waals surface area contributed by atoms with Crippen LogP contribution in [0.15, 0.2) is 53.9 Å². The molecule has 138 valence electrons. The van der Waals surface area contributed by atoms with Gasteiger partial charge in [-0.05, 0) is 24.3 Å². The van der Waals surface area contributed by atoms with Crippen molar-refractivity contribution in [2.75, 3.05) is 19.0 Å². The van der Waals surface area contributed by atoms with Crippen LogP contribution in [0.4, 0.5) is 10.8 Å². The van der Waals surface area contributed by atoms with E-state index in [1.807, 2.05) is 12.1 Å². The zero-order chi connectivity index (χ0) is 19.2. The lowest BCUT2D eigenvalue weighted by Gasteiger charge is -2.05. The molecule has 27 heavy (non-hydrogen) atoms. The molecule has 3 rings (SSSR count). The van der Waals surface area contributed by atoms with E-state index in [4.69, 9.17) is 21.1 Å². The van der Waals surface area contributed by atoms with Gasteiger partial charge >= 0.3 is 5.97 Å². The Kier molecular flexibility index (Phi) is 6.05. The second kappa shape index (κ2) is 8.66. The summed E-state index contributed by atoms with van der Waals surface area (Å²) in [6, 6.07) is 13.8. The molecule has 1 heterocycles. The minimum Gasteiger partial charge on any atom is -0.497 e. The van der Waals surface area contributed by atoms with Crippen LogP contribution in [0.1, 0.15) is 20.8 Å². The molecule has 0 atom stereocenters. The highest BCUT2D eigenvalue weighted by Crippen LogP contribution is 2.27. The molecule has 0 spiro atoms. The van der Waals surface area contributed by atoms with Crippen LogP contribution in [-0.2, 0) is 4.74 Å². The van der Waals surface area contributed by atoms with E-state index >= 15 is 0 Å². The Morgan fingerprint density at radius 2 is 2.00 bits per heavy atom. The highest BCUT2D eigenvalue weighted by Gasteiger charge is 2.16. The number of aromatic nitrogens is 1. The molecule has 3 aromatic rings. The zero-order valence-corrected chi connectivity index (χ0v) is 15.8. The third-order valence-electron chi connectivity index (χ3n) is 3.55. The summed E-state index contributed by atoms with van der Waals surface area (Å²) in [5.41, 5.74) is 1.20. The van der Waals surface area contributed by atoms with Gasteiger partial charge in [0.1, 0.15) is 5.75 Å². The third-order valence-corrected chi connectivity index (χ3v) is 4.64. The molecular formula is C19H15ClN2O4S. The summed E-state index contributed by atoms with van der Waals surface area (Å²) < 4.78 is 10.1. The first-order valence-electron chi connectivity index (χ1n) is 7.88. The molecule has 0 amide bonds. The summed E-state index contributed by atoms with van der Waals surface area (Å²) in [5, 5.41) is 5.63. The Bertz CT molecular complexity index is 974. The molecule has 0 saturated carbocycles. The van der Waals surface area contributed by atoms with E-state index in [2.05, 4.69) is 10.3 Å². The molecule has 0 fully saturated rings. The normalized spacial score (nSPS) is 10.3. The van der Waals surface area contributed by atoms with Gasteiger partial charge in [-0.2, -0.15) is 0 Å². The van der Waals surface area contributed by atoms with E-state index in [1.165, 1.54) is 18.4 Å². The van der Waals surface area contributed by atoms with Crippen LogP contribution in [0.25, 0.3) is 0 Å². The number of para-hydroxylation sites is 1. The fraction of sp³-hybridized carbons (Fsp3) is 0.105. The molecule has 8 heteroatoms. The van der Waals surface area contributed by atoms with Crippen LogP contribution < -0.4 is 10.1 Å². The topological polar surface area (TPSA) is 77.5 Å². The average Bonchev–Trinajstić information content (AvgIpc) is 3.16. The second-order valence-electron chi connectivity index (χ2n) is 5.37. The van der Waals surface area contributed by atoms with E-state index < -0.39 is 5.97 Å². The lowest BCUT2D eigenvalue weighted by Crippen LogP contribution is -2.14. The SMILES string of the molecule is COc1cccc(C(=O)COC(=O)c2csc(Nc3ccccc3Cl)n2)c1. The van der Waals surface area contributed by atoms with Crippen LogP contribution in [0.2, 0.25) is 5.02 Å². The van der Waals surface area contributed by atoms with Crippen molar-refractivity contribution in [1.29, 1.82) is 0 Å². The highest BCUT2D eigenvalue weighted by molar-refractivity contribution is 7.14. The number of rotatable bonds is 7. The molecule has 0 aliphatic rings. The molecule has 2 aromatic carbocycles. The van der Waals surface area contributed by atoms with E-state index in [1.54, 1.807) is 41.8 Å². The van der Waals surface area contributed by atoms with Gasteiger partial charge in [-0.3, -0.25) is 4.79 Å². The number of ether oxygens (including phenoxy) is 2. The first-order valence-corrected chi connectivity index (χ1v) is 9.14. The Hall–Kier alpha value is -2.90. The molecular weight excluding hydrogens is 388 g/mol. The number of carbonyl (C=O) groups excluding carboxylic acids is 2. The number of thiazole rings is 1. The van der Waals surface area contributed by atoms with Crippen molar-refractivity contribution in [3.63, 3.8) is 0 Å². The molecule has 6 nitrogen and oxygen atoms in total.